The molecule has 0 aliphatic carbocycles. The molecule has 1 aromatic carbocycles. The van der Waals surface area contributed by atoms with Crippen LogP contribution in [-0.2, 0) is 13.6 Å². The summed E-state index contributed by atoms with van der Waals surface area (Å²) in [5.74, 6) is 0.947. The fraction of sp³-hybridized carbons (Fsp3) is 0.182. The summed E-state index contributed by atoms with van der Waals surface area (Å²) in [5.41, 5.74) is 8.19. The minimum absolute atomic E-state index is 0.241. The molecule has 0 aliphatic heterocycles. The van der Waals surface area contributed by atoms with Crippen molar-refractivity contribution in [3.63, 3.8) is 0 Å². The topological polar surface area (TPSA) is 82.8 Å². The molecular weight excluding hydrogens is 218 g/mol. The number of aryl methyl sites for hydroxylation is 1. The first-order valence-corrected chi connectivity index (χ1v) is 5.22. The van der Waals surface area contributed by atoms with Crippen LogP contribution in [0.4, 0.5) is 0 Å². The number of hydrogen-bond acceptors (Lipinski definition) is 5. The molecule has 0 fully saturated rings. The van der Waals surface area contributed by atoms with Gasteiger partial charge in [0.1, 0.15) is 0 Å². The van der Waals surface area contributed by atoms with Crippen LogP contribution < -0.4 is 5.73 Å². The number of para-hydroxylation sites is 1. The van der Waals surface area contributed by atoms with Crippen LogP contribution in [-0.4, -0.2) is 19.7 Å². The van der Waals surface area contributed by atoms with E-state index in [1.54, 1.807) is 6.33 Å². The van der Waals surface area contributed by atoms with Crippen LogP contribution in [0.25, 0.3) is 22.4 Å². The predicted molar refractivity (Wildman–Crippen MR) is 61.9 cm³/mol. The first kappa shape index (κ1) is 9.98. The van der Waals surface area contributed by atoms with Crippen molar-refractivity contribution < 1.29 is 4.52 Å². The lowest BCUT2D eigenvalue weighted by molar-refractivity contribution is 0.380. The fourth-order valence-corrected chi connectivity index (χ4v) is 1.79. The maximum Gasteiger partial charge on any atom is 0.240 e. The second kappa shape index (κ2) is 3.67. The third-order valence-electron chi connectivity index (χ3n) is 2.64. The smallest absolute Gasteiger partial charge is 0.240 e. The second-order valence-electron chi connectivity index (χ2n) is 3.74. The molecule has 0 aliphatic rings. The molecule has 0 amide bonds. The van der Waals surface area contributed by atoms with Crippen LogP contribution in [0, 0.1) is 0 Å². The molecule has 2 aromatic heterocycles. The Bertz CT molecular complexity index is 669. The number of nitrogens with zero attached hydrogens (tertiary/aromatic N) is 4. The first-order valence-electron chi connectivity index (χ1n) is 5.22. The maximum atomic E-state index is 5.44. The molecule has 0 radical (unpaired) electrons. The molecular formula is C11H11N5O. The highest BCUT2D eigenvalue weighted by molar-refractivity contribution is 5.89. The van der Waals surface area contributed by atoms with Crippen molar-refractivity contribution >= 4 is 11.0 Å². The van der Waals surface area contributed by atoms with Gasteiger partial charge in [-0.2, -0.15) is 4.98 Å². The van der Waals surface area contributed by atoms with Crippen molar-refractivity contribution in [3.05, 3.63) is 30.4 Å². The van der Waals surface area contributed by atoms with Gasteiger partial charge in [-0.3, -0.25) is 0 Å². The molecule has 0 atom stereocenters. The number of fused-ring (bicyclic) bond motifs is 1. The van der Waals surface area contributed by atoms with Gasteiger partial charge in [0.2, 0.25) is 11.7 Å². The molecule has 6 heteroatoms. The maximum absolute atomic E-state index is 5.44. The Morgan fingerprint density at radius 3 is 3.06 bits per heavy atom. The van der Waals surface area contributed by atoms with Gasteiger partial charge in [-0.05, 0) is 12.1 Å². The third kappa shape index (κ3) is 1.50. The molecule has 0 spiro atoms. The van der Waals surface area contributed by atoms with Crippen molar-refractivity contribution in [3.8, 4) is 11.4 Å². The Morgan fingerprint density at radius 2 is 2.29 bits per heavy atom. The van der Waals surface area contributed by atoms with E-state index in [1.165, 1.54) is 0 Å². The van der Waals surface area contributed by atoms with Crippen molar-refractivity contribution in [2.75, 3.05) is 0 Å². The summed E-state index contributed by atoms with van der Waals surface area (Å²) in [6, 6.07) is 5.86. The molecule has 0 saturated heterocycles. The number of benzene rings is 1. The summed E-state index contributed by atoms with van der Waals surface area (Å²) in [6.07, 6.45) is 1.76. The van der Waals surface area contributed by atoms with Crippen molar-refractivity contribution in [1.82, 2.24) is 19.7 Å². The zero-order chi connectivity index (χ0) is 11.8. The second-order valence-corrected chi connectivity index (χ2v) is 3.74. The van der Waals surface area contributed by atoms with E-state index in [9.17, 15) is 0 Å². The molecule has 0 bridgehead atoms. The van der Waals surface area contributed by atoms with Crippen molar-refractivity contribution in [2.24, 2.45) is 12.8 Å². The summed E-state index contributed by atoms with van der Waals surface area (Å²) < 4.78 is 6.95. The van der Waals surface area contributed by atoms with E-state index in [0.29, 0.717) is 11.7 Å². The molecule has 3 aromatic rings. The highest BCUT2D eigenvalue weighted by atomic mass is 16.5. The van der Waals surface area contributed by atoms with Gasteiger partial charge in [0.25, 0.3) is 0 Å². The van der Waals surface area contributed by atoms with Crippen molar-refractivity contribution in [1.29, 1.82) is 0 Å². The molecule has 17 heavy (non-hydrogen) atoms. The third-order valence-corrected chi connectivity index (χ3v) is 2.64. The van der Waals surface area contributed by atoms with Gasteiger partial charge in [-0.15, -0.1) is 0 Å². The average molecular weight is 229 g/mol. The van der Waals surface area contributed by atoms with Gasteiger partial charge >= 0.3 is 0 Å². The van der Waals surface area contributed by atoms with E-state index in [2.05, 4.69) is 15.1 Å². The lowest BCUT2D eigenvalue weighted by atomic mass is 10.2. The summed E-state index contributed by atoms with van der Waals surface area (Å²) >= 11 is 0. The minimum Gasteiger partial charge on any atom is -0.338 e. The Morgan fingerprint density at radius 1 is 1.41 bits per heavy atom. The number of aromatic nitrogens is 4. The van der Waals surface area contributed by atoms with Gasteiger partial charge in [0, 0.05) is 7.05 Å². The monoisotopic (exact) mass is 229 g/mol. The summed E-state index contributed by atoms with van der Waals surface area (Å²) in [5, 5.41) is 3.90. The lowest BCUT2D eigenvalue weighted by Crippen LogP contribution is -1.95. The normalized spacial score (nSPS) is 11.2. The Labute approximate surface area is 97.1 Å². The molecule has 0 unspecified atom stereocenters. The summed E-state index contributed by atoms with van der Waals surface area (Å²) in [7, 11) is 1.95. The zero-order valence-corrected chi connectivity index (χ0v) is 9.29. The predicted octanol–water partition coefficient (Wildman–Crippen LogP) is 1.08. The van der Waals surface area contributed by atoms with E-state index in [1.807, 2.05) is 29.8 Å². The van der Waals surface area contributed by atoms with E-state index in [4.69, 9.17) is 10.3 Å². The highest BCUT2D eigenvalue weighted by Gasteiger charge is 2.12. The summed E-state index contributed by atoms with van der Waals surface area (Å²) in [4.78, 5) is 8.55. The molecule has 0 saturated carbocycles. The zero-order valence-electron chi connectivity index (χ0n) is 9.29. The SMILES string of the molecule is Cn1cnc2c(-c3noc(CN)n3)cccc21. The molecule has 2 N–H and O–H groups in total. The number of rotatable bonds is 2. The molecule has 6 nitrogen and oxygen atoms in total. The standard InChI is InChI=1S/C11H11N5O/c1-16-6-13-10-7(3-2-4-8(10)16)11-14-9(5-12)17-15-11/h2-4,6H,5,12H2,1H3. The van der Waals surface area contributed by atoms with Crippen LogP contribution in [0.5, 0.6) is 0 Å². The van der Waals surface area contributed by atoms with Gasteiger partial charge in [0.05, 0.1) is 29.5 Å². The van der Waals surface area contributed by atoms with Crippen molar-refractivity contribution in [2.45, 2.75) is 6.54 Å². The van der Waals surface area contributed by atoms with Gasteiger partial charge in [-0.1, -0.05) is 11.2 Å². The van der Waals surface area contributed by atoms with E-state index in [-0.39, 0.29) is 6.54 Å². The lowest BCUT2D eigenvalue weighted by Gasteiger charge is -1.97. The highest BCUT2D eigenvalue weighted by Crippen LogP contribution is 2.24. The number of imidazole rings is 1. The van der Waals surface area contributed by atoms with Crippen LogP contribution >= 0.6 is 0 Å². The van der Waals surface area contributed by atoms with Gasteiger partial charge in [-0.25, -0.2) is 4.98 Å². The minimum atomic E-state index is 0.241. The largest absolute Gasteiger partial charge is 0.338 e. The Hall–Kier alpha value is -2.21. The van der Waals surface area contributed by atoms with E-state index in [0.717, 1.165) is 16.6 Å². The van der Waals surface area contributed by atoms with Crippen LogP contribution in [0.2, 0.25) is 0 Å². The molecule has 2 heterocycles. The first-order chi connectivity index (χ1) is 8.29. The Kier molecular flexibility index (Phi) is 2.15. The van der Waals surface area contributed by atoms with Gasteiger partial charge < -0.3 is 14.8 Å². The molecule has 3 rings (SSSR count). The quantitative estimate of drug-likeness (QED) is 0.711. The van der Waals surface area contributed by atoms with Crippen LogP contribution in [0.15, 0.2) is 29.0 Å². The fourth-order valence-electron chi connectivity index (χ4n) is 1.79. The number of hydrogen-bond donors (Lipinski definition) is 1. The van der Waals surface area contributed by atoms with E-state index < -0.39 is 0 Å². The van der Waals surface area contributed by atoms with Gasteiger partial charge in [0.15, 0.2) is 0 Å². The van der Waals surface area contributed by atoms with Crippen LogP contribution in [0.3, 0.4) is 0 Å². The number of nitrogens with two attached hydrogens (primary N) is 1. The van der Waals surface area contributed by atoms with Crippen LogP contribution in [0.1, 0.15) is 5.89 Å². The Balaban J connectivity index is 2.23. The summed E-state index contributed by atoms with van der Waals surface area (Å²) in [6.45, 7) is 0.241. The average Bonchev–Trinajstić information content (AvgIpc) is 2.96. The molecule has 86 valence electrons. The van der Waals surface area contributed by atoms with E-state index >= 15 is 0 Å².